The van der Waals surface area contributed by atoms with Gasteiger partial charge in [-0.25, -0.2) is 0 Å². The lowest BCUT2D eigenvalue weighted by Crippen LogP contribution is -2.15. The van der Waals surface area contributed by atoms with Gasteiger partial charge in [0.05, 0.1) is 0 Å². The Hall–Kier alpha value is -2.62. The number of aryl methyl sites for hydroxylation is 1. The zero-order valence-electron chi connectivity index (χ0n) is 12.3. The summed E-state index contributed by atoms with van der Waals surface area (Å²) in [6, 6.07) is 12.6. The number of hydrogen-bond acceptors (Lipinski definition) is 3. The third-order valence-electron chi connectivity index (χ3n) is 3.18. The van der Waals surface area contributed by atoms with Gasteiger partial charge in [-0.2, -0.15) is 0 Å². The second-order valence-corrected chi connectivity index (χ2v) is 4.79. The summed E-state index contributed by atoms with van der Waals surface area (Å²) in [4.78, 5) is 23.4. The Bertz CT molecular complexity index is 692. The average Bonchev–Trinajstić information content (AvgIpc) is 2.43. The minimum absolute atomic E-state index is 0.226. The molecule has 2 aromatic rings. The summed E-state index contributed by atoms with van der Waals surface area (Å²) in [5, 5.41) is 2.87. The van der Waals surface area contributed by atoms with Crippen molar-refractivity contribution >= 4 is 17.6 Å². The molecule has 0 unspecified atom stereocenters. The molecule has 1 N–H and O–H groups in total. The van der Waals surface area contributed by atoms with Gasteiger partial charge in [0.1, 0.15) is 5.75 Å². The summed E-state index contributed by atoms with van der Waals surface area (Å²) in [7, 11) is 0. The van der Waals surface area contributed by atoms with Crippen molar-refractivity contribution in [2.24, 2.45) is 0 Å². The van der Waals surface area contributed by atoms with Gasteiger partial charge in [-0.3, -0.25) is 9.59 Å². The fraction of sp³-hybridized carbons (Fsp3) is 0.176. The van der Waals surface area contributed by atoms with Crippen molar-refractivity contribution in [1.82, 2.24) is 0 Å². The number of benzene rings is 2. The van der Waals surface area contributed by atoms with Crippen LogP contribution in [-0.2, 0) is 4.79 Å². The molecule has 0 heterocycles. The summed E-state index contributed by atoms with van der Waals surface area (Å²) in [6.45, 7) is 5.02. The van der Waals surface area contributed by atoms with Crippen LogP contribution in [0.4, 0.5) is 5.69 Å². The van der Waals surface area contributed by atoms with E-state index in [1.807, 2.05) is 31.2 Å². The molecule has 21 heavy (non-hydrogen) atoms. The standard InChI is InChI=1S/C17H17NO3/c1-11-7-4-5-9-15(11)18-17(20)14-8-6-10-16(12(14)2)21-13(3)19/h4-10H,1-3H3,(H,18,20). The lowest BCUT2D eigenvalue weighted by Gasteiger charge is -2.12. The SMILES string of the molecule is CC(=O)Oc1cccc(C(=O)Nc2ccccc2C)c1C. The third kappa shape index (κ3) is 3.48. The quantitative estimate of drug-likeness (QED) is 0.693. The van der Waals surface area contributed by atoms with Crippen LogP contribution in [0.3, 0.4) is 0 Å². The lowest BCUT2D eigenvalue weighted by atomic mass is 10.1. The average molecular weight is 283 g/mol. The van der Waals surface area contributed by atoms with Crippen LogP contribution in [-0.4, -0.2) is 11.9 Å². The molecule has 108 valence electrons. The lowest BCUT2D eigenvalue weighted by molar-refractivity contribution is -0.131. The van der Waals surface area contributed by atoms with Gasteiger partial charge in [0.15, 0.2) is 0 Å². The van der Waals surface area contributed by atoms with E-state index < -0.39 is 5.97 Å². The minimum Gasteiger partial charge on any atom is -0.426 e. The van der Waals surface area contributed by atoms with Crippen LogP contribution in [0, 0.1) is 13.8 Å². The van der Waals surface area contributed by atoms with E-state index in [0.29, 0.717) is 16.9 Å². The van der Waals surface area contributed by atoms with Crippen LogP contribution in [0.5, 0.6) is 5.75 Å². The van der Waals surface area contributed by atoms with Crippen molar-refractivity contribution < 1.29 is 14.3 Å². The van der Waals surface area contributed by atoms with E-state index in [1.54, 1.807) is 25.1 Å². The van der Waals surface area contributed by atoms with Gasteiger partial charge in [-0.15, -0.1) is 0 Å². The van der Waals surface area contributed by atoms with Crippen molar-refractivity contribution in [3.63, 3.8) is 0 Å². The maximum atomic E-state index is 12.4. The molecule has 0 saturated carbocycles. The van der Waals surface area contributed by atoms with E-state index in [9.17, 15) is 9.59 Å². The van der Waals surface area contributed by atoms with Gasteiger partial charge in [0, 0.05) is 23.7 Å². The number of esters is 1. The van der Waals surface area contributed by atoms with E-state index in [4.69, 9.17) is 4.74 Å². The van der Waals surface area contributed by atoms with E-state index in [1.165, 1.54) is 6.92 Å². The predicted octanol–water partition coefficient (Wildman–Crippen LogP) is 3.48. The molecule has 0 aliphatic carbocycles. The number of ether oxygens (including phenoxy) is 1. The number of carbonyl (C=O) groups is 2. The highest BCUT2D eigenvalue weighted by atomic mass is 16.5. The first-order chi connectivity index (χ1) is 9.99. The number of nitrogens with one attached hydrogen (secondary N) is 1. The first-order valence-electron chi connectivity index (χ1n) is 6.64. The van der Waals surface area contributed by atoms with Gasteiger partial charge in [-0.1, -0.05) is 24.3 Å². The van der Waals surface area contributed by atoms with Crippen LogP contribution in [0.15, 0.2) is 42.5 Å². The van der Waals surface area contributed by atoms with Crippen LogP contribution in [0.25, 0.3) is 0 Å². The van der Waals surface area contributed by atoms with Gasteiger partial charge < -0.3 is 10.1 Å². The zero-order chi connectivity index (χ0) is 15.4. The Morgan fingerprint density at radius 2 is 1.71 bits per heavy atom. The van der Waals surface area contributed by atoms with Crippen molar-refractivity contribution in [2.75, 3.05) is 5.32 Å². The van der Waals surface area contributed by atoms with Crippen molar-refractivity contribution in [1.29, 1.82) is 0 Å². The summed E-state index contributed by atoms with van der Waals surface area (Å²) in [6.07, 6.45) is 0. The highest BCUT2D eigenvalue weighted by Gasteiger charge is 2.14. The number of hydrogen-bond donors (Lipinski definition) is 1. The summed E-state index contributed by atoms with van der Waals surface area (Å²) in [5.74, 6) is -0.231. The van der Waals surface area contributed by atoms with E-state index in [2.05, 4.69) is 5.32 Å². The van der Waals surface area contributed by atoms with Crippen molar-refractivity contribution in [3.8, 4) is 5.75 Å². The van der Waals surface area contributed by atoms with E-state index in [0.717, 1.165) is 11.3 Å². The molecule has 0 aliphatic rings. The normalized spacial score (nSPS) is 10.0. The Morgan fingerprint density at radius 3 is 2.38 bits per heavy atom. The van der Waals surface area contributed by atoms with Crippen molar-refractivity contribution in [2.45, 2.75) is 20.8 Å². The fourth-order valence-electron chi connectivity index (χ4n) is 2.03. The highest BCUT2D eigenvalue weighted by molar-refractivity contribution is 6.06. The maximum Gasteiger partial charge on any atom is 0.308 e. The minimum atomic E-state index is -0.408. The molecular weight excluding hydrogens is 266 g/mol. The van der Waals surface area contributed by atoms with Crippen molar-refractivity contribution in [3.05, 3.63) is 59.2 Å². The molecule has 0 atom stereocenters. The van der Waals surface area contributed by atoms with Crippen LogP contribution in [0.2, 0.25) is 0 Å². The monoisotopic (exact) mass is 283 g/mol. The molecule has 2 rings (SSSR count). The molecule has 1 amide bonds. The number of carbonyl (C=O) groups excluding carboxylic acids is 2. The van der Waals surface area contributed by atoms with Gasteiger partial charge in [0.2, 0.25) is 0 Å². The molecule has 0 spiro atoms. The Kier molecular flexibility index (Phi) is 4.38. The summed E-state index contributed by atoms with van der Waals surface area (Å²) < 4.78 is 5.09. The van der Waals surface area contributed by atoms with Gasteiger partial charge in [0.25, 0.3) is 5.91 Å². The second-order valence-electron chi connectivity index (χ2n) is 4.79. The molecule has 0 radical (unpaired) electrons. The van der Waals surface area contributed by atoms with E-state index in [-0.39, 0.29) is 5.91 Å². The molecule has 0 bridgehead atoms. The molecule has 4 heteroatoms. The topological polar surface area (TPSA) is 55.4 Å². The molecular formula is C17H17NO3. The smallest absolute Gasteiger partial charge is 0.308 e. The molecule has 0 fully saturated rings. The third-order valence-corrected chi connectivity index (χ3v) is 3.18. The largest absolute Gasteiger partial charge is 0.426 e. The number of rotatable bonds is 3. The number of anilines is 1. The fourth-order valence-corrected chi connectivity index (χ4v) is 2.03. The zero-order valence-corrected chi connectivity index (χ0v) is 12.3. The Balaban J connectivity index is 2.28. The number of amides is 1. The highest BCUT2D eigenvalue weighted by Crippen LogP contribution is 2.23. The van der Waals surface area contributed by atoms with Crippen LogP contribution < -0.4 is 10.1 Å². The van der Waals surface area contributed by atoms with Crippen LogP contribution in [0.1, 0.15) is 28.4 Å². The maximum absolute atomic E-state index is 12.4. The molecule has 2 aromatic carbocycles. The van der Waals surface area contributed by atoms with Gasteiger partial charge >= 0.3 is 5.97 Å². The molecule has 4 nitrogen and oxygen atoms in total. The first-order valence-corrected chi connectivity index (χ1v) is 6.64. The molecule has 0 saturated heterocycles. The Labute approximate surface area is 123 Å². The first kappa shape index (κ1) is 14.8. The molecule has 0 aromatic heterocycles. The number of para-hydroxylation sites is 1. The predicted molar refractivity (Wildman–Crippen MR) is 81.6 cm³/mol. The van der Waals surface area contributed by atoms with Crippen LogP contribution >= 0.6 is 0 Å². The molecule has 0 aliphatic heterocycles. The summed E-state index contributed by atoms with van der Waals surface area (Å²) >= 11 is 0. The van der Waals surface area contributed by atoms with E-state index >= 15 is 0 Å². The second kappa shape index (κ2) is 6.22. The van der Waals surface area contributed by atoms with Gasteiger partial charge in [-0.05, 0) is 37.6 Å². The summed E-state index contributed by atoms with van der Waals surface area (Å²) in [5.41, 5.74) is 2.87. The Morgan fingerprint density at radius 1 is 1.00 bits per heavy atom.